The van der Waals surface area contributed by atoms with E-state index in [1.807, 2.05) is 0 Å². The molecule has 0 radical (unpaired) electrons. The number of aliphatic hydroxyl groups is 1. The van der Waals surface area contributed by atoms with Gasteiger partial charge in [-0.15, -0.1) is 0 Å². The first kappa shape index (κ1) is 18.2. The summed E-state index contributed by atoms with van der Waals surface area (Å²) in [7, 11) is 0. The van der Waals surface area contributed by atoms with Gasteiger partial charge in [0.25, 0.3) is 0 Å². The maximum atomic E-state index is 11.7. The van der Waals surface area contributed by atoms with Gasteiger partial charge in [0.1, 0.15) is 0 Å². The Morgan fingerprint density at radius 3 is 2.46 bits per heavy atom. The maximum Gasteiger partial charge on any atom is 0.219 e. The number of carbonyl (C=O) groups is 1. The summed E-state index contributed by atoms with van der Waals surface area (Å²) in [5, 5.41) is 9.83. The van der Waals surface area contributed by atoms with Gasteiger partial charge in [0.15, 0.2) is 0 Å². The number of amides is 1. The molecule has 0 spiro atoms. The normalized spacial score (nSPS) is 35.8. The predicted octanol–water partition coefficient (Wildman–Crippen LogP) is 3.51. The van der Waals surface area contributed by atoms with E-state index in [9.17, 15) is 9.90 Å². The maximum absolute atomic E-state index is 11.7. The van der Waals surface area contributed by atoms with Crippen LogP contribution in [0.2, 0.25) is 0 Å². The van der Waals surface area contributed by atoms with E-state index in [4.69, 9.17) is 4.74 Å². The van der Waals surface area contributed by atoms with Crippen molar-refractivity contribution in [2.75, 3.05) is 13.2 Å². The third kappa shape index (κ3) is 4.72. The van der Waals surface area contributed by atoms with Crippen LogP contribution in [-0.2, 0) is 9.53 Å². The average Bonchev–Trinajstić information content (AvgIpc) is 2.81. The van der Waals surface area contributed by atoms with Crippen LogP contribution in [0.15, 0.2) is 0 Å². The van der Waals surface area contributed by atoms with Crippen LogP contribution in [0.3, 0.4) is 0 Å². The van der Waals surface area contributed by atoms with E-state index in [-0.39, 0.29) is 18.1 Å². The van der Waals surface area contributed by atoms with Crippen molar-refractivity contribution in [3.63, 3.8) is 0 Å². The first-order chi connectivity index (χ1) is 11.6. The lowest BCUT2D eigenvalue weighted by Crippen LogP contribution is -2.37. The second-order valence-corrected chi connectivity index (χ2v) is 8.34. The van der Waals surface area contributed by atoms with Gasteiger partial charge < -0.3 is 14.7 Å². The highest BCUT2D eigenvalue weighted by Crippen LogP contribution is 2.38. The van der Waals surface area contributed by atoms with E-state index in [0.717, 1.165) is 11.8 Å². The van der Waals surface area contributed by atoms with Gasteiger partial charge in [0.05, 0.1) is 24.9 Å². The molecule has 0 bridgehead atoms. The second-order valence-electron chi connectivity index (χ2n) is 8.34. The molecule has 1 N–H and O–H groups in total. The zero-order valence-corrected chi connectivity index (χ0v) is 15.3. The summed E-state index contributed by atoms with van der Waals surface area (Å²) in [6.07, 6.45) is 14.2. The first-order valence-corrected chi connectivity index (χ1v) is 10.2. The molecule has 3 aliphatic rings. The number of carbonyl (C=O) groups excluding carboxylic acids is 1. The lowest BCUT2D eigenvalue weighted by molar-refractivity contribution is -0.131. The van der Waals surface area contributed by atoms with Gasteiger partial charge in [-0.3, -0.25) is 4.79 Å². The molecule has 4 heteroatoms. The third-order valence-corrected chi connectivity index (χ3v) is 6.60. The number of rotatable bonds is 4. The summed E-state index contributed by atoms with van der Waals surface area (Å²) in [6, 6.07) is 0.0647. The van der Waals surface area contributed by atoms with Crippen LogP contribution in [0.4, 0.5) is 0 Å². The third-order valence-electron chi connectivity index (χ3n) is 6.60. The van der Waals surface area contributed by atoms with Crippen LogP contribution in [0.5, 0.6) is 0 Å². The molecule has 3 fully saturated rings. The van der Waals surface area contributed by atoms with Crippen molar-refractivity contribution < 1.29 is 14.6 Å². The van der Waals surface area contributed by atoms with Crippen LogP contribution in [0, 0.1) is 11.8 Å². The van der Waals surface area contributed by atoms with E-state index < -0.39 is 0 Å². The van der Waals surface area contributed by atoms with E-state index in [2.05, 4.69) is 0 Å². The van der Waals surface area contributed by atoms with Gasteiger partial charge in [-0.2, -0.15) is 0 Å². The minimum Gasteiger partial charge on any atom is -0.391 e. The average molecular weight is 338 g/mol. The lowest BCUT2D eigenvalue weighted by Gasteiger charge is -2.29. The van der Waals surface area contributed by atoms with Crippen molar-refractivity contribution in [3.05, 3.63) is 0 Å². The summed E-state index contributed by atoms with van der Waals surface area (Å²) in [4.78, 5) is 13.5. The molecule has 1 amide bonds. The molecule has 0 aromatic heterocycles. The zero-order chi connectivity index (χ0) is 16.9. The van der Waals surface area contributed by atoms with E-state index in [0.29, 0.717) is 25.7 Å². The molecule has 3 rings (SSSR count). The SMILES string of the molecule is CC(=O)N1C[C@H](O)C[C@H]1COC1CCCC(C2CCCCC2)CC1. The van der Waals surface area contributed by atoms with Crippen LogP contribution in [-0.4, -0.2) is 47.3 Å². The fourth-order valence-electron chi connectivity index (χ4n) is 5.22. The summed E-state index contributed by atoms with van der Waals surface area (Å²) in [5.74, 6) is 1.94. The Morgan fingerprint density at radius 1 is 1.00 bits per heavy atom. The van der Waals surface area contributed by atoms with Gasteiger partial charge in [0, 0.05) is 13.5 Å². The second kappa shape index (κ2) is 8.66. The van der Waals surface area contributed by atoms with Crippen molar-refractivity contribution in [1.82, 2.24) is 4.90 Å². The molecule has 4 nitrogen and oxygen atoms in total. The highest BCUT2D eigenvalue weighted by atomic mass is 16.5. The summed E-state index contributed by atoms with van der Waals surface area (Å²) in [5.41, 5.74) is 0. The molecule has 1 heterocycles. The van der Waals surface area contributed by atoms with Crippen molar-refractivity contribution in [3.8, 4) is 0 Å². The molecule has 2 aliphatic carbocycles. The molecule has 24 heavy (non-hydrogen) atoms. The van der Waals surface area contributed by atoms with E-state index in [1.54, 1.807) is 11.8 Å². The summed E-state index contributed by atoms with van der Waals surface area (Å²) >= 11 is 0. The number of hydrogen-bond donors (Lipinski definition) is 1. The van der Waals surface area contributed by atoms with Gasteiger partial charge in [-0.05, 0) is 37.5 Å². The lowest BCUT2D eigenvalue weighted by atomic mass is 9.77. The molecule has 0 aromatic rings. The predicted molar refractivity (Wildman–Crippen MR) is 94.7 cm³/mol. The Hall–Kier alpha value is -0.610. The largest absolute Gasteiger partial charge is 0.391 e. The Bertz CT molecular complexity index is 408. The van der Waals surface area contributed by atoms with Crippen molar-refractivity contribution in [2.24, 2.45) is 11.8 Å². The Kier molecular flexibility index (Phi) is 6.56. The quantitative estimate of drug-likeness (QED) is 0.799. The minimum atomic E-state index is -0.382. The van der Waals surface area contributed by atoms with Crippen LogP contribution < -0.4 is 0 Å². The van der Waals surface area contributed by atoms with Crippen LogP contribution in [0.25, 0.3) is 0 Å². The van der Waals surface area contributed by atoms with Gasteiger partial charge in [0.2, 0.25) is 5.91 Å². The molecule has 138 valence electrons. The topological polar surface area (TPSA) is 49.8 Å². The van der Waals surface area contributed by atoms with E-state index in [1.165, 1.54) is 64.2 Å². The number of nitrogens with zero attached hydrogens (tertiary/aromatic N) is 1. The Morgan fingerprint density at radius 2 is 1.71 bits per heavy atom. The van der Waals surface area contributed by atoms with Crippen molar-refractivity contribution in [1.29, 1.82) is 0 Å². The highest BCUT2D eigenvalue weighted by Gasteiger charge is 2.34. The highest BCUT2D eigenvalue weighted by molar-refractivity contribution is 5.74. The molecular formula is C20H35NO3. The number of aliphatic hydroxyl groups excluding tert-OH is 1. The molecule has 4 atom stereocenters. The van der Waals surface area contributed by atoms with E-state index >= 15 is 0 Å². The summed E-state index contributed by atoms with van der Waals surface area (Å²) in [6.45, 7) is 2.65. The molecule has 2 unspecified atom stereocenters. The number of ether oxygens (including phenoxy) is 1. The number of likely N-dealkylation sites (tertiary alicyclic amines) is 1. The van der Waals surface area contributed by atoms with Crippen molar-refractivity contribution >= 4 is 5.91 Å². The molecule has 1 aliphatic heterocycles. The Labute approximate surface area is 146 Å². The molecule has 1 saturated heterocycles. The van der Waals surface area contributed by atoms with Gasteiger partial charge in [-0.25, -0.2) is 0 Å². The molecule has 0 aromatic carbocycles. The number of hydrogen-bond acceptors (Lipinski definition) is 3. The van der Waals surface area contributed by atoms with Gasteiger partial charge in [-0.1, -0.05) is 44.9 Å². The fourth-order valence-corrected chi connectivity index (χ4v) is 5.22. The smallest absolute Gasteiger partial charge is 0.219 e. The number of β-amino-alcohol motifs (C(OH)–C–C–N with tert-alkyl or cyclic N) is 1. The Balaban J connectivity index is 1.44. The van der Waals surface area contributed by atoms with Crippen molar-refractivity contribution in [2.45, 2.75) is 95.8 Å². The minimum absolute atomic E-state index is 0.0541. The monoisotopic (exact) mass is 337 g/mol. The summed E-state index contributed by atoms with van der Waals surface area (Å²) < 4.78 is 6.21. The van der Waals surface area contributed by atoms with Crippen LogP contribution in [0.1, 0.15) is 77.6 Å². The van der Waals surface area contributed by atoms with Crippen LogP contribution >= 0.6 is 0 Å². The van der Waals surface area contributed by atoms with Gasteiger partial charge >= 0.3 is 0 Å². The zero-order valence-electron chi connectivity index (χ0n) is 15.3. The first-order valence-electron chi connectivity index (χ1n) is 10.2. The fraction of sp³-hybridized carbons (Fsp3) is 0.950. The standard InChI is InChI=1S/C20H35NO3/c1-15(22)21-13-19(23)12-18(21)14-24-20-9-5-8-17(10-11-20)16-6-3-2-4-7-16/h16-20,23H,2-14H2,1H3/t17?,18-,19+,20?/m0/s1. The molecule has 2 saturated carbocycles. The molecular weight excluding hydrogens is 302 g/mol.